The molecule has 1 heterocycles. The Morgan fingerprint density at radius 3 is 2.66 bits per heavy atom. The van der Waals surface area contributed by atoms with Crippen LogP contribution in [0.15, 0.2) is 60.8 Å². The van der Waals surface area contributed by atoms with Crippen LogP contribution in [-0.4, -0.2) is 23.2 Å². The number of nitrogens with one attached hydrogen (secondary N) is 1. The second-order valence-corrected chi connectivity index (χ2v) is 7.52. The number of carboxylic acids is 1. The fourth-order valence-electron chi connectivity index (χ4n) is 3.70. The number of hydrogen-bond donors (Lipinski definition) is 2. The molecule has 0 radical (unpaired) electrons. The van der Waals surface area contributed by atoms with Gasteiger partial charge in [-0.15, -0.1) is 0 Å². The first kappa shape index (κ1) is 19.0. The maximum atomic E-state index is 11.3. The van der Waals surface area contributed by atoms with Gasteiger partial charge in [-0.05, 0) is 54.3 Å². The normalized spacial score (nSPS) is 17.6. The van der Waals surface area contributed by atoms with Crippen molar-refractivity contribution in [2.45, 2.75) is 25.8 Å². The van der Waals surface area contributed by atoms with Crippen LogP contribution in [0.4, 0.5) is 5.82 Å². The lowest BCUT2D eigenvalue weighted by atomic mass is 10.0. The number of rotatable bonds is 7. The van der Waals surface area contributed by atoms with E-state index in [-0.39, 0.29) is 11.8 Å². The molecule has 29 heavy (non-hydrogen) atoms. The van der Waals surface area contributed by atoms with Gasteiger partial charge in [0.25, 0.3) is 0 Å². The zero-order valence-electron chi connectivity index (χ0n) is 16.6. The number of ether oxygens (including phenoxy) is 1. The Hall–Kier alpha value is -3.34. The highest BCUT2D eigenvalue weighted by Crippen LogP contribution is 2.51. The summed E-state index contributed by atoms with van der Waals surface area (Å²) in [6.45, 7) is 2.80. The number of aromatic nitrogens is 1. The minimum absolute atomic E-state index is 0.0191. The molecule has 1 aliphatic rings. The third kappa shape index (κ3) is 4.24. The van der Waals surface area contributed by atoms with Gasteiger partial charge < -0.3 is 15.2 Å². The van der Waals surface area contributed by atoms with E-state index in [0.29, 0.717) is 6.42 Å². The third-order valence-corrected chi connectivity index (χ3v) is 5.39. The van der Waals surface area contributed by atoms with E-state index in [9.17, 15) is 9.90 Å². The van der Waals surface area contributed by atoms with Crippen LogP contribution in [0.3, 0.4) is 0 Å². The number of carbonyl (C=O) groups is 1. The average molecular weight is 388 g/mol. The van der Waals surface area contributed by atoms with Gasteiger partial charge >= 0.3 is 5.97 Å². The second kappa shape index (κ2) is 7.95. The van der Waals surface area contributed by atoms with Crippen molar-refractivity contribution in [2.24, 2.45) is 5.92 Å². The van der Waals surface area contributed by atoms with Gasteiger partial charge in [-0.1, -0.05) is 35.9 Å². The molecular weight excluding hydrogens is 364 g/mol. The highest BCUT2D eigenvalue weighted by molar-refractivity contribution is 5.76. The second-order valence-electron chi connectivity index (χ2n) is 7.52. The predicted octanol–water partition coefficient (Wildman–Crippen LogP) is 4.87. The summed E-state index contributed by atoms with van der Waals surface area (Å²) in [6, 6.07) is 18.3. The molecule has 0 aliphatic heterocycles. The molecule has 2 atom stereocenters. The summed E-state index contributed by atoms with van der Waals surface area (Å²) in [4.78, 5) is 15.8. The van der Waals surface area contributed by atoms with E-state index in [1.165, 1.54) is 11.1 Å². The average Bonchev–Trinajstić information content (AvgIpc) is 3.53. The number of anilines is 1. The highest BCUT2D eigenvalue weighted by atomic mass is 16.5. The molecule has 2 unspecified atom stereocenters. The number of nitrogens with zero attached hydrogens (tertiary/aromatic N) is 1. The molecule has 5 nitrogen and oxygen atoms in total. The number of benzene rings is 2. The van der Waals surface area contributed by atoms with E-state index < -0.39 is 5.97 Å². The zero-order chi connectivity index (χ0) is 20.4. The predicted molar refractivity (Wildman–Crippen MR) is 113 cm³/mol. The summed E-state index contributed by atoms with van der Waals surface area (Å²) in [5.74, 6) is 0.522. The van der Waals surface area contributed by atoms with Crippen LogP contribution in [0, 0.1) is 12.8 Å². The van der Waals surface area contributed by atoms with E-state index in [4.69, 9.17) is 4.74 Å². The molecular formula is C24H24N2O3. The van der Waals surface area contributed by atoms with Gasteiger partial charge in [0.1, 0.15) is 11.6 Å². The van der Waals surface area contributed by atoms with E-state index in [0.717, 1.165) is 34.8 Å². The van der Waals surface area contributed by atoms with Gasteiger partial charge in [0, 0.05) is 24.2 Å². The Kier molecular flexibility index (Phi) is 5.21. The fraction of sp³-hybridized carbons (Fsp3) is 0.250. The smallest absolute Gasteiger partial charge is 0.307 e. The van der Waals surface area contributed by atoms with Crippen molar-refractivity contribution < 1.29 is 14.6 Å². The summed E-state index contributed by atoms with van der Waals surface area (Å²) < 4.78 is 5.45. The first-order chi connectivity index (χ1) is 14.0. The van der Waals surface area contributed by atoms with Gasteiger partial charge in [0.15, 0.2) is 0 Å². The van der Waals surface area contributed by atoms with Gasteiger partial charge in [0.05, 0.1) is 13.0 Å². The van der Waals surface area contributed by atoms with Crippen LogP contribution in [0.5, 0.6) is 5.75 Å². The molecule has 4 rings (SSSR count). The molecule has 2 N–H and O–H groups in total. The van der Waals surface area contributed by atoms with Gasteiger partial charge in [-0.2, -0.15) is 0 Å². The molecule has 148 valence electrons. The Labute approximate surface area is 170 Å². The summed E-state index contributed by atoms with van der Waals surface area (Å²) >= 11 is 0. The van der Waals surface area contributed by atoms with E-state index >= 15 is 0 Å². The Bertz CT molecular complexity index is 1030. The number of aryl methyl sites for hydroxylation is 1. The maximum absolute atomic E-state index is 11.3. The van der Waals surface area contributed by atoms with Crippen molar-refractivity contribution in [2.75, 3.05) is 12.4 Å². The molecule has 0 amide bonds. The number of aliphatic carboxylic acids is 1. The lowest BCUT2D eigenvalue weighted by molar-refractivity contribution is -0.138. The van der Waals surface area contributed by atoms with Crippen LogP contribution in [0.25, 0.3) is 11.1 Å². The molecule has 3 aromatic rings. The fourth-order valence-corrected chi connectivity index (χ4v) is 3.70. The minimum Gasteiger partial charge on any atom is -0.496 e. The summed E-state index contributed by atoms with van der Waals surface area (Å²) in [5, 5.41) is 12.6. The highest BCUT2D eigenvalue weighted by Gasteiger charge is 2.45. The standard InChI is InChI=1S/C24H24N2O3/c1-15-4-3-5-16(10-15)13-25-23-9-7-18(14-26-23)17-6-8-22(29-2)20(11-17)19-12-21(19)24(27)28/h3-11,14,19,21H,12-13H2,1-2H3,(H,25,26)(H,27,28). The van der Waals surface area contributed by atoms with Crippen LogP contribution in [0.1, 0.15) is 29.0 Å². The number of carboxylic acid groups (broad SMARTS) is 1. The molecule has 1 aliphatic carbocycles. The Balaban J connectivity index is 1.49. The largest absolute Gasteiger partial charge is 0.496 e. The summed E-state index contributed by atoms with van der Waals surface area (Å²) in [7, 11) is 1.62. The van der Waals surface area contributed by atoms with Gasteiger partial charge in [-0.3, -0.25) is 4.79 Å². The molecule has 1 aromatic heterocycles. The molecule has 0 saturated heterocycles. The van der Waals surface area contributed by atoms with Crippen LogP contribution < -0.4 is 10.1 Å². The van der Waals surface area contributed by atoms with Crippen molar-refractivity contribution in [3.8, 4) is 16.9 Å². The lowest BCUT2D eigenvalue weighted by Crippen LogP contribution is -2.01. The maximum Gasteiger partial charge on any atom is 0.307 e. The molecule has 1 saturated carbocycles. The van der Waals surface area contributed by atoms with Gasteiger partial charge in [-0.25, -0.2) is 4.98 Å². The zero-order valence-corrected chi connectivity index (χ0v) is 16.6. The topological polar surface area (TPSA) is 71.5 Å². The number of methoxy groups -OCH3 is 1. The number of pyridine rings is 1. The minimum atomic E-state index is -0.742. The SMILES string of the molecule is COc1ccc(-c2ccc(NCc3cccc(C)c3)nc2)cc1C1CC1C(=O)O. The van der Waals surface area contributed by atoms with Crippen molar-refractivity contribution in [1.29, 1.82) is 0 Å². The molecule has 5 heteroatoms. The van der Waals surface area contributed by atoms with E-state index in [1.807, 2.05) is 36.5 Å². The first-order valence-corrected chi connectivity index (χ1v) is 9.71. The number of hydrogen-bond acceptors (Lipinski definition) is 4. The first-order valence-electron chi connectivity index (χ1n) is 9.71. The van der Waals surface area contributed by atoms with Crippen molar-refractivity contribution >= 4 is 11.8 Å². The van der Waals surface area contributed by atoms with Crippen LogP contribution in [-0.2, 0) is 11.3 Å². The molecule has 0 spiro atoms. The summed E-state index contributed by atoms with van der Waals surface area (Å²) in [6.07, 6.45) is 2.50. The molecule has 1 fully saturated rings. The summed E-state index contributed by atoms with van der Waals surface area (Å²) in [5.41, 5.74) is 5.41. The quantitative estimate of drug-likeness (QED) is 0.604. The third-order valence-electron chi connectivity index (χ3n) is 5.39. The monoisotopic (exact) mass is 388 g/mol. The lowest BCUT2D eigenvalue weighted by Gasteiger charge is -2.11. The molecule has 2 aromatic carbocycles. The van der Waals surface area contributed by atoms with Crippen molar-refractivity contribution in [3.05, 3.63) is 77.5 Å². The van der Waals surface area contributed by atoms with E-state index in [2.05, 4.69) is 41.5 Å². The van der Waals surface area contributed by atoms with Crippen LogP contribution in [0.2, 0.25) is 0 Å². The van der Waals surface area contributed by atoms with Crippen molar-refractivity contribution in [1.82, 2.24) is 4.98 Å². The Morgan fingerprint density at radius 1 is 1.17 bits per heavy atom. The van der Waals surface area contributed by atoms with Crippen LogP contribution >= 0.6 is 0 Å². The Morgan fingerprint density at radius 2 is 2.00 bits per heavy atom. The molecule has 0 bridgehead atoms. The van der Waals surface area contributed by atoms with Gasteiger partial charge in [0.2, 0.25) is 0 Å². The van der Waals surface area contributed by atoms with E-state index in [1.54, 1.807) is 7.11 Å². The van der Waals surface area contributed by atoms with Crippen molar-refractivity contribution in [3.63, 3.8) is 0 Å².